The van der Waals surface area contributed by atoms with Crippen molar-refractivity contribution < 1.29 is 18.7 Å². The van der Waals surface area contributed by atoms with Crippen LogP contribution in [0.15, 0.2) is 28.1 Å². The van der Waals surface area contributed by atoms with E-state index in [1.165, 1.54) is 6.08 Å². The van der Waals surface area contributed by atoms with E-state index in [1.54, 1.807) is 0 Å². The van der Waals surface area contributed by atoms with Crippen molar-refractivity contribution in [3.63, 3.8) is 0 Å². The average molecular weight is 416 g/mol. The van der Waals surface area contributed by atoms with Crippen molar-refractivity contribution in [1.82, 2.24) is 0 Å². The second-order valence-corrected chi connectivity index (χ2v) is 6.57. The minimum Gasteiger partial charge on any atom is -0.493 e. The van der Waals surface area contributed by atoms with E-state index >= 15 is 0 Å². The Hall–Kier alpha value is -1.56. The molecule has 140 valence electrons. The van der Waals surface area contributed by atoms with Crippen molar-refractivity contribution in [3.8, 4) is 11.5 Å². The predicted molar refractivity (Wildman–Crippen MR) is 104 cm³/mol. The van der Waals surface area contributed by atoms with E-state index < -0.39 is 4.74 Å². The van der Waals surface area contributed by atoms with Gasteiger partial charge in [-0.15, -0.1) is 0 Å². The molecule has 0 amide bonds. The zero-order chi connectivity index (χ0) is 18.7. The molecule has 0 aliphatic rings. The Morgan fingerprint density at radius 3 is 2.56 bits per heavy atom. The Morgan fingerprint density at radius 1 is 1.20 bits per heavy atom. The molecule has 0 bridgehead atoms. The van der Waals surface area contributed by atoms with Gasteiger partial charge in [0.15, 0.2) is 4.74 Å². The van der Waals surface area contributed by atoms with Crippen LogP contribution >= 0.6 is 15.9 Å². The van der Waals surface area contributed by atoms with E-state index in [-0.39, 0.29) is 6.61 Å². The molecule has 0 fully saturated rings. The predicted octanol–water partition coefficient (Wildman–Crippen LogP) is 5.71. The maximum absolute atomic E-state index is 12.6. The van der Waals surface area contributed by atoms with Gasteiger partial charge < -0.3 is 14.3 Å². The molecule has 0 aliphatic carbocycles. The first-order chi connectivity index (χ1) is 11.9. The Bertz CT molecular complexity index is 595. The molecule has 0 aliphatic heterocycles. The summed E-state index contributed by atoms with van der Waals surface area (Å²) in [6.45, 7) is 9.27. The van der Waals surface area contributed by atoms with Crippen LogP contribution in [0, 0.1) is 6.92 Å². The highest BCUT2D eigenvalue weighted by Crippen LogP contribution is 2.30. The first-order valence-corrected chi connectivity index (χ1v) is 9.26. The zero-order valence-corrected chi connectivity index (χ0v) is 17.0. The van der Waals surface area contributed by atoms with Crippen molar-refractivity contribution in [1.29, 1.82) is 0 Å². The van der Waals surface area contributed by atoms with Crippen LogP contribution in [0.3, 0.4) is 0 Å². The maximum Gasteiger partial charge on any atom is 0.165 e. The quantitative estimate of drug-likeness (QED) is 0.263. The third-order valence-corrected chi connectivity index (χ3v) is 3.64. The molecule has 1 rings (SSSR count). The molecule has 0 radical (unpaired) electrons. The number of nitrogens with zero attached hydrogens (tertiary/aromatic N) is 1. The Morgan fingerprint density at radius 2 is 1.92 bits per heavy atom. The molecule has 0 heterocycles. The molecule has 0 atom stereocenters. The molecule has 1 aromatic carbocycles. The second kappa shape index (κ2) is 11.9. The first kappa shape index (κ1) is 21.5. The fourth-order valence-electron chi connectivity index (χ4n) is 2.18. The van der Waals surface area contributed by atoms with Gasteiger partial charge in [0, 0.05) is 0 Å². The molecule has 6 heteroatoms. The molecule has 0 spiro atoms. The number of hydrogen-bond acceptors (Lipinski definition) is 4. The van der Waals surface area contributed by atoms with E-state index in [9.17, 15) is 4.39 Å². The molecule has 0 N–H and O–H groups in total. The van der Waals surface area contributed by atoms with Crippen LogP contribution < -0.4 is 9.47 Å². The van der Waals surface area contributed by atoms with Crippen LogP contribution in [0.2, 0.25) is 0 Å². The van der Waals surface area contributed by atoms with Gasteiger partial charge >= 0.3 is 0 Å². The fourth-order valence-corrected chi connectivity index (χ4v) is 2.31. The molecule has 4 nitrogen and oxygen atoms in total. The van der Waals surface area contributed by atoms with Gasteiger partial charge in [-0.3, -0.25) is 0 Å². The monoisotopic (exact) mass is 415 g/mol. The van der Waals surface area contributed by atoms with Crippen LogP contribution in [-0.2, 0) is 11.3 Å². The van der Waals surface area contributed by atoms with E-state index in [2.05, 4.69) is 28.0 Å². The number of halogens is 2. The molecule has 25 heavy (non-hydrogen) atoms. The summed E-state index contributed by atoms with van der Waals surface area (Å²) in [4.78, 5) is 5.17. The maximum atomic E-state index is 12.6. The highest BCUT2D eigenvalue weighted by molar-refractivity contribution is 9.11. The van der Waals surface area contributed by atoms with Gasteiger partial charge in [0.1, 0.15) is 24.7 Å². The topological polar surface area (TPSA) is 40.0 Å². The number of benzene rings is 1. The van der Waals surface area contributed by atoms with E-state index in [0.717, 1.165) is 41.9 Å². The van der Waals surface area contributed by atoms with Gasteiger partial charge in [-0.1, -0.05) is 12.1 Å². The van der Waals surface area contributed by atoms with Crippen molar-refractivity contribution in [2.75, 3.05) is 19.8 Å². The lowest BCUT2D eigenvalue weighted by atomic mass is 10.1. The number of aryl methyl sites for hydroxylation is 2. The van der Waals surface area contributed by atoms with Crippen LogP contribution in [-0.4, -0.2) is 25.5 Å². The van der Waals surface area contributed by atoms with Crippen LogP contribution in [0.4, 0.5) is 4.39 Å². The SMILES string of the molecule is CCc1cc(OC/C=C(\F)Br)cc(C)c1OCCCCON=C(C)C. The van der Waals surface area contributed by atoms with Gasteiger partial charge in [-0.25, -0.2) is 0 Å². The van der Waals surface area contributed by atoms with E-state index in [4.69, 9.17) is 14.3 Å². The van der Waals surface area contributed by atoms with Crippen molar-refractivity contribution >= 4 is 21.6 Å². The van der Waals surface area contributed by atoms with Gasteiger partial charge in [0.05, 0.1) is 12.3 Å². The summed E-state index contributed by atoms with van der Waals surface area (Å²) in [6, 6.07) is 3.86. The summed E-state index contributed by atoms with van der Waals surface area (Å²) in [6.07, 6.45) is 3.96. The number of ether oxygens (including phenoxy) is 2. The largest absolute Gasteiger partial charge is 0.493 e. The lowest BCUT2D eigenvalue weighted by Crippen LogP contribution is -2.04. The van der Waals surface area contributed by atoms with Crippen molar-refractivity contribution in [3.05, 3.63) is 34.1 Å². The minimum absolute atomic E-state index is 0.180. The van der Waals surface area contributed by atoms with E-state index in [1.807, 2.05) is 32.9 Å². The highest BCUT2D eigenvalue weighted by atomic mass is 79.9. The second-order valence-electron chi connectivity index (χ2n) is 5.81. The van der Waals surface area contributed by atoms with Crippen molar-refractivity contribution in [2.45, 2.75) is 47.0 Å². The lowest BCUT2D eigenvalue weighted by Gasteiger charge is -2.15. The van der Waals surface area contributed by atoms with Gasteiger partial charge in [-0.05, 0) is 85.3 Å². The standard InChI is InChI=1S/C19H27BrFNO3/c1-5-16-13-17(23-11-8-18(20)21)12-15(4)19(16)24-9-6-7-10-25-22-14(2)3/h8,12-13H,5-7,9-11H2,1-4H3/b18-8-. The van der Waals surface area contributed by atoms with Gasteiger partial charge in [0.25, 0.3) is 0 Å². The van der Waals surface area contributed by atoms with Gasteiger partial charge in [0.2, 0.25) is 0 Å². The third-order valence-electron chi connectivity index (χ3n) is 3.32. The van der Waals surface area contributed by atoms with Crippen LogP contribution in [0.1, 0.15) is 44.7 Å². The van der Waals surface area contributed by atoms with Crippen LogP contribution in [0.5, 0.6) is 11.5 Å². The third kappa shape index (κ3) is 8.91. The van der Waals surface area contributed by atoms with E-state index in [0.29, 0.717) is 19.0 Å². The van der Waals surface area contributed by atoms with Gasteiger partial charge in [-0.2, -0.15) is 4.39 Å². The smallest absolute Gasteiger partial charge is 0.165 e. The highest BCUT2D eigenvalue weighted by Gasteiger charge is 2.09. The number of unbranched alkanes of at least 4 members (excludes halogenated alkanes) is 1. The normalized spacial score (nSPS) is 11.2. The molecule has 0 saturated heterocycles. The minimum atomic E-state index is -0.427. The Balaban J connectivity index is 2.53. The number of rotatable bonds is 11. The first-order valence-electron chi connectivity index (χ1n) is 8.47. The zero-order valence-electron chi connectivity index (χ0n) is 15.4. The summed E-state index contributed by atoms with van der Waals surface area (Å²) < 4.78 is 23.7. The summed E-state index contributed by atoms with van der Waals surface area (Å²) in [5, 5.41) is 3.90. The van der Waals surface area contributed by atoms with Crippen LogP contribution in [0.25, 0.3) is 0 Å². The summed E-state index contributed by atoms with van der Waals surface area (Å²) in [5.74, 6) is 1.62. The molecule has 0 saturated carbocycles. The van der Waals surface area contributed by atoms with Crippen molar-refractivity contribution in [2.24, 2.45) is 5.16 Å². The summed E-state index contributed by atoms with van der Waals surface area (Å²) in [5.41, 5.74) is 3.01. The lowest BCUT2D eigenvalue weighted by molar-refractivity contribution is 0.135. The average Bonchev–Trinajstić information content (AvgIpc) is 2.54. The fraction of sp³-hybridized carbons (Fsp3) is 0.526. The molecular weight excluding hydrogens is 389 g/mol. The number of hydrogen-bond donors (Lipinski definition) is 0. The summed E-state index contributed by atoms with van der Waals surface area (Å²) in [7, 11) is 0. The Labute approximate surface area is 158 Å². The summed E-state index contributed by atoms with van der Waals surface area (Å²) >= 11 is 2.74. The molecule has 1 aromatic rings. The molecule has 0 aromatic heterocycles. The molecular formula is C19H27BrFNO3. The number of oxime groups is 1. The Kier molecular flexibility index (Phi) is 10.2. The molecule has 0 unspecified atom stereocenters.